The number of hydrogen-bond acceptors (Lipinski definition) is 5. The lowest BCUT2D eigenvalue weighted by atomic mass is 10.1. The van der Waals surface area contributed by atoms with E-state index in [2.05, 4.69) is 25.4 Å². The molecule has 6 heteroatoms. The molecule has 3 aromatic rings. The van der Waals surface area contributed by atoms with Crippen molar-refractivity contribution in [3.05, 3.63) is 59.9 Å². The molecule has 122 valence electrons. The molecule has 6 nitrogen and oxygen atoms in total. The van der Waals surface area contributed by atoms with Gasteiger partial charge in [-0.2, -0.15) is 5.10 Å². The van der Waals surface area contributed by atoms with Crippen molar-refractivity contribution in [1.82, 2.24) is 30.0 Å². The Bertz CT molecular complexity index is 827. The smallest absolute Gasteiger partial charge is 0.159 e. The maximum atomic E-state index is 4.67. The Morgan fingerprint density at radius 2 is 2.04 bits per heavy atom. The molecule has 0 saturated carbocycles. The van der Waals surface area contributed by atoms with Crippen molar-refractivity contribution >= 4 is 0 Å². The monoisotopic (exact) mass is 320 g/mol. The maximum absolute atomic E-state index is 4.67. The van der Waals surface area contributed by atoms with Gasteiger partial charge in [-0.05, 0) is 19.4 Å². The lowest BCUT2D eigenvalue weighted by Crippen LogP contribution is -2.37. The summed E-state index contributed by atoms with van der Waals surface area (Å²) in [7, 11) is 0. The summed E-state index contributed by atoms with van der Waals surface area (Å²) in [5, 5.41) is 8.04. The summed E-state index contributed by atoms with van der Waals surface area (Å²) < 4.78 is 2.02. The minimum Gasteiger partial charge on any atom is -0.307 e. The molecule has 0 spiro atoms. The summed E-state index contributed by atoms with van der Waals surface area (Å²) in [5.41, 5.74) is 2.05. The fourth-order valence-electron chi connectivity index (χ4n) is 3.07. The summed E-state index contributed by atoms with van der Waals surface area (Å²) in [4.78, 5) is 13.5. The molecule has 1 aliphatic rings. The van der Waals surface area contributed by atoms with E-state index in [4.69, 9.17) is 0 Å². The average molecular weight is 320 g/mol. The van der Waals surface area contributed by atoms with Gasteiger partial charge in [0.25, 0.3) is 0 Å². The Morgan fingerprint density at radius 1 is 1.17 bits per heavy atom. The van der Waals surface area contributed by atoms with Crippen LogP contribution in [0.3, 0.4) is 0 Å². The number of fused-ring (bicyclic) bond motifs is 1. The quantitative estimate of drug-likeness (QED) is 0.798. The zero-order chi connectivity index (χ0) is 16.4. The fraction of sp³-hybridized carbons (Fsp3) is 0.333. The molecule has 0 amide bonds. The molecule has 1 atom stereocenters. The molecule has 0 saturated heterocycles. The first-order valence-corrected chi connectivity index (χ1v) is 8.29. The molecule has 2 aromatic heterocycles. The predicted molar refractivity (Wildman–Crippen MR) is 91.2 cm³/mol. The first-order chi connectivity index (χ1) is 11.8. The third-order valence-corrected chi connectivity index (χ3v) is 4.28. The molecule has 0 bridgehead atoms. The van der Waals surface area contributed by atoms with Gasteiger partial charge in [0, 0.05) is 30.8 Å². The van der Waals surface area contributed by atoms with E-state index in [-0.39, 0.29) is 0 Å². The van der Waals surface area contributed by atoms with Crippen molar-refractivity contribution in [1.29, 1.82) is 0 Å². The second kappa shape index (κ2) is 6.49. The highest BCUT2D eigenvalue weighted by atomic mass is 15.4. The highest BCUT2D eigenvalue weighted by Gasteiger charge is 2.20. The normalized spacial score (nSPS) is 16.8. The molecule has 24 heavy (non-hydrogen) atoms. The standard InChI is InChI=1S/C18H20N6/c1-13-21-17-8-7-16(12-24(17)23-13)20-11-15-9-10-19-18(22-15)14-5-3-2-4-6-14/h2-6,9-10,16,20H,7-8,11-12H2,1H3/t16-/m1/s1. The van der Waals surface area contributed by atoms with Crippen LogP contribution in [0.1, 0.15) is 23.8 Å². The van der Waals surface area contributed by atoms with Crippen LogP contribution in [0.4, 0.5) is 0 Å². The SMILES string of the molecule is Cc1nc2n(n1)C[C@H](NCc1ccnc(-c3ccccc3)n1)CC2. The van der Waals surface area contributed by atoms with Crippen LogP contribution in [0, 0.1) is 6.92 Å². The van der Waals surface area contributed by atoms with Crippen molar-refractivity contribution in [2.45, 2.75) is 38.9 Å². The Balaban J connectivity index is 1.42. The fourth-order valence-corrected chi connectivity index (χ4v) is 3.07. The van der Waals surface area contributed by atoms with Gasteiger partial charge in [0.15, 0.2) is 5.82 Å². The second-order valence-corrected chi connectivity index (χ2v) is 6.11. The third-order valence-electron chi connectivity index (χ3n) is 4.28. The third kappa shape index (κ3) is 3.19. The van der Waals surface area contributed by atoms with Crippen LogP contribution < -0.4 is 5.32 Å². The van der Waals surface area contributed by atoms with Crippen molar-refractivity contribution in [2.24, 2.45) is 0 Å². The molecular formula is C18H20N6. The minimum atomic E-state index is 0.397. The number of nitrogens with one attached hydrogen (secondary N) is 1. The van der Waals surface area contributed by atoms with Crippen molar-refractivity contribution in [2.75, 3.05) is 0 Å². The first kappa shape index (κ1) is 15.0. The Morgan fingerprint density at radius 3 is 2.92 bits per heavy atom. The predicted octanol–water partition coefficient (Wildman–Crippen LogP) is 2.15. The number of aryl methyl sites for hydroxylation is 2. The number of rotatable bonds is 4. The van der Waals surface area contributed by atoms with E-state index in [1.54, 1.807) is 0 Å². The minimum absolute atomic E-state index is 0.397. The van der Waals surface area contributed by atoms with Gasteiger partial charge in [0.2, 0.25) is 0 Å². The van der Waals surface area contributed by atoms with Crippen LogP contribution in [0.5, 0.6) is 0 Å². The summed E-state index contributed by atoms with van der Waals surface area (Å²) in [6.45, 7) is 3.54. The van der Waals surface area contributed by atoms with Crippen LogP contribution in [0.15, 0.2) is 42.6 Å². The molecule has 1 N–H and O–H groups in total. The van der Waals surface area contributed by atoms with E-state index in [0.29, 0.717) is 6.04 Å². The molecule has 4 rings (SSSR count). The van der Waals surface area contributed by atoms with E-state index >= 15 is 0 Å². The molecule has 1 aliphatic heterocycles. The van der Waals surface area contributed by atoms with Gasteiger partial charge in [-0.15, -0.1) is 0 Å². The van der Waals surface area contributed by atoms with Crippen LogP contribution in [0.2, 0.25) is 0 Å². The summed E-state index contributed by atoms with van der Waals surface area (Å²) in [5.74, 6) is 2.72. The molecule has 0 aliphatic carbocycles. The van der Waals surface area contributed by atoms with E-state index < -0.39 is 0 Å². The molecule has 0 unspecified atom stereocenters. The largest absolute Gasteiger partial charge is 0.307 e. The topological polar surface area (TPSA) is 68.5 Å². The summed E-state index contributed by atoms with van der Waals surface area (Å²) in [6, 6.07) is 12.4. The Hall–Kier alpha value is -2.60. The van der Waals surface area contributed by atoms with Crippen molar-refractivity contribution in [3.63, 3.8) is 0 Å². The van der Waals surface area contributed by atoms with Gasteiger partial charge in [-0.3, -0.25) is 0 Å². The van der Waals surface area contributed by atoms with Crippen molar-refractivity contribution < 1.29 is 0 Å². The van der Waals surface area contributed by atoms with E-state index in [1.807, 2.05) is 54.2 Å². The molecular weight excluding hydrogens is 300 g/mol. The zero-order valence-electron chi connectivity index (χ0n) is 13.7. The van der Waals surface area contributed by atoms with Gasteiger partial charge < -0.3 is 5.32 Å². The van der Waals surface area contributed by atoms with E-state index in [9.17, 15) is 0 Å². The number of hydrogen-bond donors (Lipinski definition) is 1. The Labute approximate surface area is 141 Å². The van der Waals surface area contributed by atoms with Crippen LogP contribution in [0.25, 0.3) is 11.4 Å². The summed E-state index contributed by atoms with van der Waals surface area (Å²) >= 11 is 0. The van der Waals surface area contributed by atoms with Crippen LogP contribution in [-0.4, -0.2) is 30.8 Å². The summed E-state index contributed by atoms with van der Waals surface area (Å²) in [6.07, 6.45) is 3.87. The molecule has 1 aromatic carbocycles. The number of benzene rings is 1. The van der Waals surface area contributed by atoms with Gasteiger partial charge in [0.05, 0.1) is 12.2 Å². The van der Waals surface area contributed by atoms with Gasteiger partial charge in [-0.1, -0.05) is 30.3 Å². The lowest BCUT2D eigenvalue weighted by molar-refractivity contribution is 0.356. The lowest BCUT2D eigenvalue weighted by Gasteiger charge is -2.23. The number of aromatic nitrogens is 5. The van der Waals surface area contributed by atoms with Gasteiger partial charge in [0.1, 0.15) is 11.6 Å². The zero-order valence-corrected chi connectivity index (χ0v) is 13.7. The number of nitrogens with zero attached hydrogens (tertiary/aromatic N) is 5. The molecule has 0 fully saturated rings. The van der Waals surface area contributed by atoms with E-state index in [0.717, 1.165) is 54.7 Å². The first-order valence-electron chi connectivity index (χ1n) is 8.29. The molecule has 0 radical (unpaired) electrons. The van der Waals surface area contributed by atoms with Gasteiger partial charge >= 0.3 is 0 Å². The average Bonchev–Trinajstić information content (AvgIpc) is 3.00. The Kier molecular flexibility index (Phi) is 4.04. The van der Waals surface area contributed by atoms with Crippen molar-refractivity contribution in [3.8, 4) is 11.4 Å². The second-order valence-electron chi connectivity index (χ2n) is 6.11. The highest BCUT2D eigenvalue weighted by molar-refractivity contribution is 5.54. The maximum Gasteiger partial charge on any atom is 0.159 e. The van der Waals surface area contributed by atoms with E-state index in [1.165, 1.54) is 0 Å². The van der Waals surface area contributed by atoms with Gasteiger partial charge in [-0.25, -0.2) is 19.6 Å². The van der Waals surface area contributed by atoms with Crippen LogP contribution in [-0.2, 0) is 19.5 Å². The van der Waals surface area contributed by atoms with Crippen LogP contribution >= 0.6 is 0 Å². The molecule has 3 heterocycles. The highest BCUT2D eigenvalue weighted by Crippen LogP contribution is 2.15.